The van der Waals surface area contributed by atoms with Crippen LogP contribution in [0.1, 0.15) is 29.8 Å². The summed E-state index contributed by atoms with van der Waals surface area (Å²) in [7, 11) is 1.98. The van der Waals surface area contributed by atoms with Gasteiger partial charge >= 0.3 is 0 Å². The average Bonchev–Trinajstić information content (AvgIpc) is 2.60. The van der Waals surface area contributed by atoms with E-state index in [1.54, 1.807) is 11.3 Å². The van der Waals surface area contributed by atoms with Gasteiger partial charge < -0.3 is 10.1 Å². The van der Waals surface area contributed by atoms with E-state index in [4.69, 9.17) is 4.74 Å². The Morgan fingerprint density at radius 3 is 2.86 bits per heavy atom. The van der Waals surface area contributed by atoms with Crippen LogP contribution in [0.15, 0.2) is 11.4 Å². The van der Waals surface area contributed by atoms with Gasteiger partial charge in [-0.25, -0.2) is 0 Å². The van der Waals surface area contributed by atoms with Crippen LogP contribution in [0.3, 0.4) is 0 Å². The number of hydrogen-bond donors (Lipinski definition) is 1. The van der Waals surface area contributed by atoms with E-state index < -0.39 is 0 Å². The van der Waals surface area contributed by atoms with Crippen molar-refractivity contribution in [3.05, 3.63) is 21.9 Å². The normalized spacial score (nSPS) is 13.1. The van der Waals surface area contributed by atoms with Gasteiger partial charge in [0.1, 0.15) is 0 Å². The number of rotatable bonds is 6. The van der Waals surface area contributed by atoms with Crippen LogP contribution in [0.4, 0.5) is 0 Å². The number of ether oxygens (including phenoxy) is 1. The van der Waals surface area contributed by atoms with E-state index in [1.165, 1.54) is 10.4 Å². The topological polar surface area (TPSA) is 21.3 Å². The van der Waals surface area contributed by atoms with E-state index in [1.807, 2.05) is 7.05 Å². The van der Waals surface area contributed by atoms with Crippen LogP contribution in [0.25, 0.3) is 0 Å². The third kappa shape index (κ3) is 3.08. The van der Waals surface area contributed by atoms with Gasteiger partial charge in [0.15, 0.2) is 0 Å². The average molecular weight is 213 g/mol. The second kappa shape index (κ2) is 6.17. The van der Waals surface area contributed by atoms with E-state index in [0.717, 1.165) is 19.6 Å². The third-order valence-electron chi connectivity index (χ3n) is 2.26. The van der Waals surface area contributed by atoms with Crippen LogP contribution in [0, 0.1) is 6.92 Å². The molecule has 1 aromatic heterocycles. The molecule has 0 saturated heterocycles. The summed E-state index contributed by atoms with van der Waals surface area (Å²) in [6.45, 7) is 5.90. The highest BCUT2D eigenvalue weighted by Gasteiger charge is 2.12. The maximum atomic E-state index is 5.56. The quantitative estimate of drug-likeness (QED) is 0.734. The smallest absolute Gasteiger partial charge is 0.0661 e. The molecular weight excluding hydrogens is 194 g/mol. The van der Waals surface area contributed by atoms with Gasteiger partial charge in [0.05, 0.1) is 12.6 Å². The van der Waals surface area contributed by atoms with Crippen molar-refractivity contribution >= 4 is 11.3 Å². The van der Waals surface area contributed by atoms with Gasteiger partial charge in [0.25, 0.3) is 0 Å². The van der Waals surface area contributed by atoms with Crippen molar-refractivity contribution in [3.8, 4) is 0 Å². The third-order valence-corrected chi connectivity index (χ3v) is 3.12. The largest absolute Gasteiger partial charge is 0.379 e. The first-order valence-electron chi connectivity index (χ1n) is 5.08. The highest BCUT2D eigenvalue weighted by molar-refractivity contribution is 7.10. The lowest BCUT2D eigenvalue weighted by Gasteiger charge is -2.16. The maximum Gasteiger partial charge on any atom is 0.0661 e. The van der Waals surface area contributed by atoms with Gasteiger partial charge in [0.2, 0.25) is 0 Å². The molecule has 0 bridgehead atoms. The van der Waals surface area contributed by atoms with Crippen molar-refractivity contribution < 1.29 is 4.74 Å². The van der Waals surface area contributed by atoms with Crippen molar-refractivity contribution in [3.63, 3.8) is 0 Å². The Labute approximate surface area is 90.3 Å². The van der Waals surface area contributed by atoms with E-state index in [2.05, 4.69) is 30.6 Å². The van der Waals surface area contributed by atoms with Gasteiger partial charge in [0, 0.05) is 11.5 Å². The molecule has 0 amide bonds. The minimum Gasteiger partial charge on any atom is -0.379 e. The molecule has 1 N–H and O–H groups in total. The second-order valence-electron chi connectivity index (χ2n) is 3.35. The molecule has 1 aromatic rings. The molecule has 2 nitrogen and oxygen atoms in total. The highest BCUT2D eigenvalue weighted by Crippen LogP contribution is 2.22. The SMILES string of the molecule is CCCOCC(NC)c1ccsc1C. The number of likely N-dealkylation sites (N-methyl/N-ethyl adjacent to an activating group) is 1. The minimum atomic E-state index is 0.341. The molecule has 14 heavy (non-hydrogen) atoms. The van der Waals surface area contributed by atoms with Crippen molar-refractivity contribution in [2.75, 3.05) is 20.3 Å². The molecule has 0 radical (unpaired) electrons. The van der Waals surface area contributed by atoms with Crippen molar-refractivity contribution in [2.24, 2.45) is 0 Å². The number of nitrogens with one attached hydrogen (secondary N) is 1. The molecule has 3 heteroatoms. The summed E-state index contributed by atoms with van der Waals surface area (Å²) in [5.41, 5.74) is 1.37. The number of hydrogen-bond acceptors (Lipinski definition) is 3. The summed E-state index contributed by atoms with van der Waals surface area (Å²) in [6.07, 6.45) is 1.08. The fraction of sp³-hybridized carbons (Fsp3) is 0.636. The molecule has 1 atom stereocenters. The first kappa shape index (κ1) is 11.7. The summed E-state index contributed by atoms with van der Waals surface area (Å²) in [4.78, 5) is 1.38. The zero-order valence-electron chi connectivity index (χ0n) is 9.17. The van der Waals surface area contributed by atoms with E-state index in [-0.39, 0.29) is 0 Å². The van der Waals surface area contributed by atoms with Gasteiger partial charge in [-0.1, -0.05) is 6.92 Å². The molecule has 0 fully saturated rings. The van der Waals surface area contributed by atoms with Gasteiger partial charge in [-0.15, -0.1) is 11.3 Å². The summed E-state index contributed by atoms with van der Waals surface area (Å²) in [5.74, 6) is 0. The van der Waals surface area contributed by atoms with Crippen LogP contribution in [-0.4, -0.2) is 20.3 Å². The summed E-state index contributed by atoms with van der Waals surface area (Å²) in [5, 5.41) is 5.42. The fourth-order valence-electron chi connectivity index (χ4n) is 1.43. The van der Waals surface area contributed by atoms with Crippen LogP contribution in [0.2, 0.25) is 0 Å². The molecule has 1 rings (SSSR count). The molecule has 0 aliphatic heterocycles. The Morgan fingerprint density at radius 1 is 1.57 bits per heavy atom. The van der Waals surface area contributed by atoms with E-state index >= 15 is 0 Å². The Bertz CT molecular complexity index is 260. The second-order valence-corrected chi connectivity index (χ2v) is 4.47. The highest BCUT2D eigenvalue weighted by atomic mass is 32.1. The monoisotopic (exact) mass is 213 g/mol. The van der Waals surface area contributed by atoms with Gasteiger partial charge in [-0.2, -0.15) is 0 Å². The lowest BCUT2D eigenvalue weighted by molar-refractivity contribution is 0.114. The Kier molecular flexibility index (Phi) is 5.15. The van der Waals surface area contributed by atoms with Crippen LogP contribution in [0.5, 0.6) is 0 Å². The van der Waals surface area contributed by atoms with Crippen LogP contribution in [-0.2, 0) is 4.74 Å². The van der Waals surface area contributed by atoms with Gasteiger partial charge in [-0.3, -0.25) is 0 Å². The summed E-state index contributed by atoms with van der Waals surface area (Å²) >= 11 is 1.79. The Hall–Kier alpha value is -0.380. The van der Waals surface area contributed by atoms with Crippen molar-refractivity contribution in [1.82, 2.24) is 5.32 Å². The molecule has 0 spiro atoms. The lowest BCUT2D eigenvalue weighted by atomic mass is 10.1. The first-order chi connectivity index (χ1) is 6.79. The number of aryl methyl sites for hydroxylation is 1. The summed E-state index contributed by atoms with van der Waals surface area (Å²) < 4.78 is 5.56. The molecule has 0 aliphatic rings. The molecule has 1 unspecified atom stereocenters. The standard InChI is InChI=1S/C11H19NOS/c1-4-6-13-8-11(12-3)10-5-7-14-9(10)2/h5,7,11-12H,4,6,8H2,1-3H3. The predicted octanol–water partition coefficient (Wildman–Crippen LogP) is 2.74. The zero-order valence-corrected chi connectivity index (χ0v) is 9.99. The first-order valence-corrected chi connectivity index (χ1v) is 5.96. The summed E-state index contributed by atoms with van der Waals surface area (Å²) in [6, 6.07) is 2.52. The van der Waals surface area contributed by atoms with E-state index in [9.17, 15) is 0 Å². The predicted molar refractivity (Wildman–Crippen MR) is 62.0 cm³/mol. The Morgan fingerprint density at radius 2 is 2.36 bits per heavy atom. The molecule has 1 heterocycles. The molecule has 0 saturated carbocycles. The minimum absolute atomic E-state index is 0.341. The number of thiophene rings is 1. The molecule has 0 aliphatic carbocycles. The molecule has 0 aromatic carbocycles. The molecular formula is C11H19NOS. The van der Waals surface area contributed by atoms with E-state index in [0.29, 0.717) is 6.04 Å². The van der Waals surface area contributed by atoms with Crippen molar-refractivity contribution in [2.45, 2.75) is 26.3 Å². The maximum absolute atomic E-state index is 5.56. The van der Waals surface area contributed by atoms with Crippen LogP contribution >= 0.6 is 11.3 Å². The van der Waals surface area contributed by atoms with Crippen molar-refractivity contribution in [1.29, 1.82) is 0 Å². The molecule has 80 valence electrons. The fourth-order valence-corrected chi connectivity index (χ4v) is 2.20. The zero-order chi connectivity index (χ0) is 10.4. The van der Waals surface area contributed by atoms with Crippen LogP contribution < -0.4 is 5.32 Å². The Balaban J connectivity index is 2.50. The lowest BCUT2D eigenvalue weighted by Crippen LogP contribution is -2.22. The van der Waals surface area contributed by atoms with Gasteiger partial charge in [-0.05, 0) is 37.4 Å².